The van der Waals surface area contributed by atoms with Gasteiger partial charge in [0.25, 0.3) is 0 Å². The van der Waals surface area contributed by atoms with Crippen molar-refractivity contribution in [2.24, 2.45) is 5.73 Å². The second-order valence-corrected chi connectivity index (χ2v) is 4.51. The molecule has 1 fully saturated rings. The molecule has 0 spiro atoms. The highest BCUT2D eigenvalue weighted by molar-refractivity contribution is 5.45. The SMILES string of the molecule is NCC(c1ccc2c(c1)OCO2)N1CCOCC1. The summed E-state index contributed by atoms with van der Waals surface area (Å²) in [5.41, 5.74) is 7.11. The molecule has 1 unspecified atom stereocenters. The van der Waals surface area contributed by atoms with E-state index in [4.69, 9.17) is 19.9 Å². The predicted octanol–water partition coefficient (Wildman–Crippen LogP) is 0.747. The summed E-state index contributed by atoms with van der Waals surface area (Å²) in [6.45, 7) is 4.32. The molecule has 0 bridgehead atoms. The van der Waals surface area contributed by atoms with E-state index in [1.54, 1.807) is 0 Å². The van der Waals surface area contributed by atoms with Crippen LogP contribution in [-0.2, 0) is 4.74 Å². The molecule has 2 aliphatic rings. The number of nitrogens with two attached hydrogens (primary N) is 1. The minimum absolute atomic E-state index is 0.225. The first kappa shape index (κ1) is 11.8. The van der Waals surface area contributed by atoms with E-state index in [9.17, 15) is 0 Å². The highest BCUT2D eigenvalue weighted by Gasteiger charge is 2.23. The molecule has 98 valence electrons. The zero-order valence-corrected chi connectivity index (χ0v) is 10.3. The molecule has 0 amide bonds. The van der Waals surface area contributed by atoms with Gasteiger partial charge >= 0.3 is 0 Å². The summed E-state index contributed by atoms with van der Waals surface area (Å²) in [7, 11) is 0. The summed E-state index contributed by atoms with van der Waals surface area (Å²) in [5, 5.41) is 0. The molecule has 5 heteroatoms. The number of ether oxygens (including phenoxy) is 3. The van der Waals surface area contributed by atoms with Crippen molar-refractivity contribution in [2.45, 2.75) is 6.04 Å². The molecule has 0 aliphatic carbocycles. The van der Waals surface area contributed by atoms with Gasteiger partial charge in [0.1, 0.15) is 0 Å². The topological polar surface area (TPSA) is 57.0 Å². The van der Waals surface area contributed by atoms with Gasteiger partial charge in [-0.25, -0.2) is 0 Å². The molecule has 1 aromatic carbocycles. The van der Waals surface area contributed by atoms with Crippen LogP contribution in [0.1, 0.15) is 11.6 Å². The average Bonchev–Trinajstić information content (AvgIpc) is 2.88. The quantitative estimate of drug-likeness (QED) is 0.857. The molecule has 1 aromatic rings. The van der Waals surface area contributed by atoms with Crippen molar-refractivity contribution in [3.63, 3.8) is 0 Å². The Kier molecular flexibility index (Phi) is 3.36. The number of morpholine rings is 1. The van der Waals surface area contributed by atoms with E-state index in [1.807, 2.05) is 12.1 Å². The summed E-state index contributed by atoms with van der Waals surface area (Å²) < 4.78 is 16.1. The van der Waals surface area contributed by atoms with Crippen LogP contribution in [0, 0.1) is 0 Å². The fourth-order valence-corrected chi connectivity index (χ4v) is 2.51. The molecule has 0 aromatic heterocycles. The van der Waals surface area contributed by atoms with Gasteiger partial charge in [-0.15, -0.1) is 0 Å². The van der Waals surface area contributed by atoms with Crippen LogP contribution in [0.15, 0.2) is 18.2 Å². The van der Waals surface area contributed by atoms with Crippen LogP contribution in [0.5, 0.6) is 11.5 Å². The summed E-state index contributed by atoms with van der Waals surface area (Å²) >= 11 is 0. The molecular formula is C13H18N2O3. The van der Waals surface area contributed by atoms with Crippen molar-refractivity contribution in [1.29, 1.82) is 0 Å². The Labute approximate surface area is 106 Å². The number of hydrogen-bond donors (Lipinski definition) is 1. The molecule has 1 atom stereocenters. The van der Waals surface area contributed by atoms with E-state index in [0.717, 1.165) is 37.8 Å². The smallest absolute Gasteiger partial charge is 0.231 e. The van der Waals surface area contributed by atoms with Crippen LogP contribution in [0.4, 0.5) is 0 Å². The second-order valence-electron chi connectivity index (χ2n) is 4.51. The zero-order valence-electron chi connectivity index (χ0n) is 10.3. The van der Waals surface area contributed by atoms with E-state index in [0.29, 0.717) is 13.3 Å². The Bertz CT molecular complexity index is 419. The molecule has 0 saturated carbocycles. The molecule has 0 radical (unpaired) electrons. The highest BCUT2D eigenvalue weighted by atomic mass is 16.7. The lowest BCUT2D eigenvalue weighted by atomic mass is 10.0. The molecule has 3 rings (SSSR count). The minimum Gasteiger partial charge on any atom is -0.454 e. The van der Waals surface area contributed by atoms with Crippen molar-refractivity contribution in [3.8, 4) is 11.5 Å². The number of benzene rings is 1. The predicted molar refractivity (Wildman–Crippen MR) is 66.8 cm³/mol. The molecule has 1 saturated heterocycles. The highest BCUT2D eigenvalue weighted by Crippen LogP contribution is 2.35. The summed E-state index contributed by atoms with van der Waals surface area (Å²) in [6.07, 6.45) is 0. The number of nitrogens with zero attached hydrogens (tertiary/aromatic N) is 1. The first-order valence-electron chi connectivity index (χ1n) is 6.30. The van der Waals surface area contributed by atoms with Gasteiger partial charge in [0.2, 0.25) is 6.79 Å². The van der Waals surface area contributed by atoms with E-state index < -0.39 is 0 Å². The van der Waals surface area contributed by atoms with E-state index in [2.05, 4.69) is 11.0 Å². The summed E-state index contributed by atoms with van der Waals surface area (Å²) in [6, 6.07) is 6.29. The van der Waals surface area contributed by atoms with Crippen molar-refractivity contribution in [3.05, 3.63) is 23.8 Å². The number of fused-ring (bicyclic) bond motifs is 1. The summed E-state index contributed by atoms with van der Waals surface area (Å²) in [4.78, 5) is 2.36. The van der Waals surface area contributed by atoms with Crippen LogP contribution in [0.2, 0.25) is 0 Å². The van der Waals surface area contributed by atoms with Crippen molar-refractivity contribution in [2.75, 3.05) is 39.6 Å². The molecular weight excluding hydrogens is 232 g/mol. The van der Waals surface area contributed by atoms with Gasteiger partial charge in [-0.1, -0.05) is 6.07 Å². The fourth-order valence-electron chi connectivity index (χ4n) is 2.51. The van der Waals surface area contributed by atoms with Crippen LogP contribution >= 0.6 is 0 Å². The fraction of sp³-hybridized carbons (Fsp3) is 0.538. The molecule has 2 N–H and O–H groups in total. The van der Waals surface area contributed by atoms with Crippen LogP contribution < -0.4 is 15.2 Å². The van der Waals surface area contributed by atoms with Crippen LogP contribution in [0.25, 0.3) is 0 Å². The monoisotopic (exact) mass is 250 g/mol. The standard InChI is InChI=1S/C13H18N2O3/c14-8-11(15-3-5-16-6-4-15)10-1-2-12-13(7-10)18-9-17-12/h1-2,7,11H,3-6,8-9,14H2. The Morgan fingerprint density at radius 2 is 1.94 bits per heavy atom. The maximum Gasteiger partial charge on any atom is 0.231 e. The maximum absolute atomic E-state index is 5.93. The third kappa shape index (κ3) is 2.16. The lowest BCUT2D eigenvalue weighted by molar-refractivity contribution is 0.0178. The van der Waals surface area contributed by atoms with E-state index in [1.165, 1.54) is 5.56 Å². The van der Waals surface area contributed by atoms with Crippen molar-refractivity contribution < 1.29 is 14.2 Å². The maximum atomic E-state index is 5.93. The van der Waals surface area contributed by atoms with Gasteiger partial charge in [0.15, 0.2) is 11.5 Å². The lowest BCUT2D eigenvalue weighted by Gasteiger charge is -2.34. The van der Waals surface area contributed by atoms with Crippen LogP contribution in [0.3, 0.4) is 0 Å². The second kappa shape index (κ2) is 5.14. The van der Waals surface area contributed by atoms with Gasteiger partial charge in [-0.3, -0.25) is 4.90 Å². The number of rotatable bonds is 3. The van der Waals surface area contributed by atoms with E-state index in [-0.39, 0.29) is 6.04 Å². The van der Waals surface area contributed by atoms with E-state index >= 15 is 0 Å². The molecule has 2 aliphatic heterocycles. The number of hydrogen-bond acceptors (Lipinski definition) is 5. The first-order valence-corrected chi connectivity index (χ1v) is 6.30. The first-order chi connectivity index (χ1) is 8.88. The van der Waals surface area contributed by atoms with Gasteiger partial charge < -0.3 is 19.9 Å². The molecule has 5 nitrogen and oxygen atoms in total. The Balaban J connectivity index is 1.82. The zero-order chi connectivity index (χ0) is 12.4. The Morgan fingerprint density at radius 3 is 2.72 bits per heavy atom. The van der Waals surface area contributed by atoms with Gasteiger partial charge in [-0.2, -0.15) is 0 Å². The third-order valence-corrected chi connectivity index (χ3v) is 3.49. The lowest BCUT2D eigenvalue weighted by Crippen LogP contribution is -2.41. The largest absolute Gasteiger partial charge is 0.454 e. The Morgan fingerprint density at radius 1 is 1.17 bits per heavy atom. The third-order valence-electron chi connectivity index (χ3n) is 3.49. The van der Waals surface area contributed by atoms with Crippen molar-refractivity contribution in [1.82, 2.24) is 4.90 Å². The average molecular weight is 250 g/mol. The normalized spacial score (nSPS) is 20.9. The van der Waals surface area contributed by atoms with Gasteiger partial charge in [-0.05, 0) is 17.7 Å². The molecule has 2 heterocycles. The van der Waals surface area contributed by atoms with Crippen molar-refractivity contribution >= 4 is 0 Å². The van der Waals surface area contributed by atoms with Gasteiger partial charge in [0, 0.05) is 25.7 Å². The minimum atomic E-state index is 0.225. The Hall–Kier alpha value is -1.30. The van der Waals surface area contributed by atoms with Gasteiger partial charge in [0.05, 0.1) is 13.2 Å². The molecule has 18 heavy (non-hydrogen) atoms. The van der Waals surface area contributed by atoms with Crippen LogP contribution in [-0.4, -0.2) is 44.5 Å². The summed E-state index contributed by atoms with van der Waals surface area (Å²) in [5.74, 6) is 1.63.